The second kappa shape index (κ2) is 6.79. The fourth-order valence-electron chi connectivity index (χ4n) is 1.73. The molecule has 2 heteroatoms. The monoisotopic (exact) mass is 187 g/mol. The van der Waals surface area contributed by atoms with Crippen LogP contribution < -0.4 is 5.73 Å². The van der Waals surface area contributed by atoms with Crippen molar-refractivity contribution in [2.24, 2.45) is 5.73 Å². The van der Waals surface area contributed by atoms with Gasteiger partial charge in [0.05, 0.1) is 0 Å². The predicted molar refractivity (Wildman–Crippen MR) is 57.6 cm³/mol. The molecule has 0 bridgehead atoms. The molecule has 1 fully saturated rings. The molecule has 0 spiro atoms. The second-order valence-corrected chi connectivity index (χ2v) is 5.03. The van der Waals surface area contributed by atoms with Crippen molar-refractivity contribution in [3.05, 3.63) is 0 Å². The van der Waals surface area contributed by atoms with Crippen LogP contribution >= 0.6 is 11.8 Å². The van der Waals surface area contributed by atoms with Gasteiger partial charge in [0.25, 0.3) is 0 Å². The lowest BCUT2D eigenvalue weighted by molar-refractivity contribution is 0.516. The number of thioether (sulfide) groups is 1. The van der Waals surface area contributed by atoms with Gasteiger partial charge in [-0.2, -0.15) is 11.8 Å². The van der Waals surface area contributed by atoms with E-state index in [2.05, 4.69) is 11.8 Å². The van der Waals surface area contributed by atoms with E-state index < -0.39 is 0 Å². The Bertz CT molecular complexity index is 100. The van der Waals surface area contributed by atoms with E-state index in [0.717, 1.165) is 11.8 Å². The molecule has 0 aromatic carbocycles. The fourth-order valence-corrected chi connectivity index (χ4v) is 3.10. The summed E-state index contributed by atoms with van der Waals surface area (Å²) in [4.78, 5) is 0. The van der Waals surface area contributed by atoms with Crippen LogP contribution in [0.15, 0.2) is 0 Å². The average molecular weight is 187 g/mol. The van der Waals surface area contributed by atoms with Crippen molar-refractivity contribution in [2.75, 3.05) is 12.3 Å². The highest BCUT2D eigenvalue weighted by Crippen LogP contribution is 2.28. The molecule has 0 unspecified atom stereocenters. The van der Waals surface area contributed by atoms with Crippen LogP contribution in [0.2, 0.25) is 0 Å². The zero-order valence-corrected chi connectivity index (χ0v) is 8.74. The molecule has 1 nitrogen and oxygen atoms in total. The summed E-state index contributed by atoms with van der Waals surface area (Å²) < 4.78 is 0. The SMILES string of the molecule is NCCCCSC1CCCCC1. The molecule has 2 N–H and O–H groups in total. The zero-order valence-electron chi connectivity index (χ0n) is 7.93. The summed E-state index contributed by atoms with van der Waals surface area (Å²) in [5.41, 5.74) is 5.44. The molecule has 0 amide bonds. The molecule has 0 aliphatic heterocycles. The molecule has 72 valence electrons. The Kier molecular flexibility index (Phi) is 5.88. The van der Waals surface area contributed by atoms with Crippen LogP contribution in [0.25, 0.3) is 0 Å². The first kappa shape index (κ1) is 10.4. The van der Waals surface area contributed by atoms with Gasteiger partial charge in [0.1, 0.15) is 0 Å². The van der Waals surface area contributed by atoms with Crippen LogP contribution in [0.5, 0.6) is 0 Å². The predicted octanol–water partition coefficient (Wildman–Crippen LogP) is 2.79. The number of unbranched alkanes of at least 4 members (excludes halogenated alkanes) is 1. The van der Waals surface area contributed by atoms with E-state index in [1.54, 1.807) is 0 Å². The Balaban J connectivity index is 1.91. The van der Waals surface area contributed by atoms with E-state index in [-0.39, 0.29) is 0 Å². The second-order valence-electron chi connectivity index (χ2n) is 3.63. The van der Waals surface area contributed by atoms with Crippen molar-refractivity contribution in [1.29, 1.82) is 0 Å². The van der Waals surface area contributed by atoms with E-state index in [9.17, 15) is 0 Å². The Morgan fingerprint density at radius 3 is 2.50 bits per heavy atom. The lowest BCUT2D eigenvalue weighted by Crippen LogP contribution is -2.09. The van der Waals surface area contributed by atoms with Crippen LogP contribution in [-0.4, -0.2) is 17.5 Å². The van der Waals surface area contributed by atoms with Crippen LogP contribution in [0.4, 0.5) is 0 Å². The number of rotatable bonds is 5. The van der Waals surface area contributed by atoms with Crippen LogP contribution in [0.1, 0.15) is 44.9 Å². The Morgan fingerprint density at radius 2 is 1.83 bits per heavy atom. The molecule has 1 rings (SSSR count). The molecule has 1 aliphatic rings. The molecular weight excluding hydrogens is 166 g/mol. The lowest BCUT2D eigenvalue weighted by atomic mass is 10.0. The van der Waals surface area contributed by atoms with E-state index in [1.807, 2.05) is 0 Å². The first-order chi connectivity index (χ1) is 5.93. The van der Waals surface area contributed by atoms with Crippen molar-refractivity contribution >= 4 is 11.8 Å². The molecule has 0 atom stereocenters. The Hall–Kier alpha value is 0.310. The quantitative estimate of drug-likeness (QED) is 0.670. The maximum atomic E-state index is 5.44. The highest BCUT2D eigenvalue weighted by molar-refractivity contribution is 7.99. The van der Waals surface area contributed by atoms with Gasteiger partial charge in [-0.05, 0) is 38.0 Å². The molecule has 0 aromatic rings. The first-order valence-electron chi connectivity index (χ1n) is 5.25. The van der Waals surface area contributed by atoms with Crippen LogP contribution in [-0.2, 0) is 0 Å². The topological polar surface area (TPSA) is 26.0 Å². The van der Waals surface area contributed by atoms with E-state index in [4.69, 9.17) is 5.73 Å². The average Bonchev–Trinajstić information content (AvgIpc) is 2.14. The summed E-state index contributed by atoms with van der Waals surface area (Å²) in [5, 5.41) is 0.983. The fraction of sp³-hybridized carbons (Fsp3) is 1.00. The minimum absolute atomic E-state index is 0.866. The van der Waals surface area contributed by atoms with Gasteiger partial charge < -0.3 is 5.73 Å². The standard InChI is InChI=1S/C10H21NS/c11-8-4-5-9-12-10-6-2-1-3-7-10/h10H,1-9,11H2. The molecule has 0 radical (unpaired) electrons. The van der Waals surface area contributed by atoms with Gasteiger partial charge in [-0.25, -0.2) is 0 Å². The number of hydrogen-bond donors (Lipinski definition) is 1. The smallest absolute Gasteiger partial charge is 0.00470 e. The normalized spacial score (nSPS) is 19.8. The largest absolute Gasteiger partial charge is 0.330 e. The van der Waals surface area contributed by atoms with Crippen molar-refractivity contribution in [3.63, 3.8) is 0 Å². The summed E-state index contributed by atoms with van der Waals surface area (Å²) in [6, 6.07) is 0. The van der Waals surface area contributed by atoms with Crippen LogP contribution in [0, 0.1) is 0 Å². The summed E-state index contributed by atoms with van der Waals surface area (Å²) in [6.07, 6.45) is 9.86. The molecule has 1 aliphatic carbocycles. The Labute approximate surface area is 80.5 Å². The zero-order chi connectivity index (χ0) is 8.65. The van der Waals surface area contributed by atoms with E-state index in [0.29, 0.717) is 0 Å². The summed E-state index contributed by atoms with van der Waals surface area (Å²) in [5.74, 6) is 1.34. The van der Waals surface area contributed by atoms with Crippen molar-refractivity contribution in [3.8, 4) is 0 Å². The van der Waals surface area contributed by atoms with Gasteiger partial charge in [0, 0.05) is 5.25 Å². The molecule has 0 aromatic heterocycles. The lowest BCUT2D eigenvalue weighted by Gasteiger charge is -2.20. The third-order valence-corrected chi connectivity index (χ3v) is 3.97. The highest BCUT2D eigenvalue weighted by Gasteiger charge is 2.12. The molecule has 0 saturated heterocycles. The minimum atomic E-state index is 0.866. The molecule has 1 saturated carbocycles. The van der Waals surface area contributed by atoms with Crippen molar-refractivity contribution in [2.45, 2.75) is 50.2 Å². The van der Waals surface area contributed by atoms with E-state index in [1.165, 1.54) is 50.7 Å². The Morgan fingerprint density at radius 1 is 1.08 bits per heavy atom. The maximum Gasteiger partial charge on any atom is 0.00470 e. The van der Waals surface area contributed by atoms with Gasteiger partial charge in [-0.1, -0.05) is 19.3 Å². The van der Waals surface area contributed by atoms with Gasteiger partial charge >= 0.3 is 0 Å². The van der Waals surface area contributed by atoms with Gasteiger partial charge in [0.15, 0.2) is 0 Å². The summed E-state index contributed by atoms with van der Waals surface area (Å²) >= 11 is 2.18. The van der Waals surface area contributed by atoms with Crippen LogP contribution in [0.3, 0.4) is 0 Å². The van der Waals surface area contributed by atoms with E-state index >= 15 is 0 Å². The molecular formula is C10H21NS. The summed E-state index contributed by atoms with van der Waals surface area (Å²) in [6.45, 7) is 0.866. The highest BCUT2D eigenvalue weighted by atomic mass is 32.2. The minimum Gasteiger partial charge on any atom is -0.330 e. The van der Waals surface area contributed by atoms with Gasteiger partial charge in [0.2, 0.25) is 0 Å². The van der Waals surface area contributed by atoms with Gasteiger partial charge in [-0.3, -0.25) is 0 Å². The molecule has 0 heterocycles. The maximum absolute atomic E-state index is 5.44. The third kappa shape index (κ3) is 4.36. The molecule has 12 heavy (non-hydrogen) atoms. The third-order valence-electron chi connectivity index (χ3n) is 2.50. The number of nitrogens with two attached hydrogens (primary N) is 1. The van der Waals surface area contributed by atoms with Gasteiger partial charge in [-0.15, -0.1) is 0 Å². The van der Waals surface area contributed by atoms with Crippen molar-refractivity contribution < 1.29 is 0 Å². The van der Waals surface area contributed by atoms with Crippen molar-refractivity contribution in [1.82, 2.24) is 0 Å². The first-order valence-corrected chi connectivity index (χ1v) is 6.30. The summed E-state index contributed by atoms with van der Waals surface area (Å²) in [7, 11) is 0. The number of hydrogen-bond acceptors (Lipinski definition) is 2.